The molecule has 0 unspecified atom stereocenters. The van der Waals surface area contributed by atoms with E-state index in [1.54, 1.807) is 35.2 Å². The quantitative estimate of drug-likeness (QED) is 0.697. The van der Waals surface area contributed by atoms with Gasteiger partial charge in [-0.25, -0.2) is 4.39 Å². The number of hydrogen-bond donors (Lipinski definition) is 1. The first kappa shape index (κ1) is 22.6. The van der Waals surface area contributed by atoms with Crippen LogP contribution < -0.4 is 14.8 Å². The van der Waals surface area contributed by atoms with Gasteiger partial charge in [0.2, 0.25) is 5.91 Å². The number of rotatable bonds is 8. The Kier molecular flexibility index (Phi) is 7.83. The van der Waals surface area contributed by atoms with Crippen LogP contribution in [0.2, 0.25) is 0 Å². The lowest BCUT2D eigenvalue weighted by molar-refractivity contribution is -0.132. The van der Waals surface area contributed by atoms with Crippen LogP contribution in [0, 0.1) is 5.82 Å². The molecule has 0 aromatic heterocycles. The van der Waals surface area contributed by atoms with Crippen molar-refractivity contribution in [2.24, 2.45) is 0 Å². The second-order valence-corrected chi connectivity index (χ2v) is 7.30. The van der Waals surface area contributed by atoms with Crippen LogP contribution in [0.15, 0.2) is 42.5 Å². The number of hydrogen-bond acceptors (Lipinski definition) is 5. The Morgan fingerprint density at radius 1 is 1.03 bits per heavy atom. The number of ether oxygens (including phenoxy) is 2. The molecule has 3 rings (SSSR count). The SMILES string of the molecule is COc1ccc(C(=O)N(CCC(=O)N2CCNCC2)Cc2ccc(F)cc2)cc1OC. The summed E-state index contributed by atoms with van der Waals surface area (Å²) in [6.45, 7) is 3.40. The Balaban J connectivity index is 1.77. The van der Waals surface area contributed by atoms with Gasteiger partial charge in [0, 0.05) is 51.3 Å². The second-order valence-electron chi connectivity index (χ2n) is 7.30. The highest BCUT2D eigenvalue weighted by Gasteiger charge is 2.22. The van der Waals surface area contributed by atoms with E-state index >= 15 is 0 Å². The standard InChI is InChI=1S/C23H28FN3O4/c1-30-20-8-5-18(15-21(20)31-2)23(29)27(16-17-3-6-19(24)7-4-17)12-9-22(28)26-13-10-25-11-14-26/h3-8,15,25H,9-14,16H2,1-2H3. The molecule has 0 atom stereocenters. The van der Waals surface area contributed by atoms with Crippen molar-refractivity contribution in [3.63, 3.8) is 0 Å². The van der Waals surface area contributed by atoms with Gasteiger partial charge in [-0.05, 0) is 35.9 Å². The minimum Gasteiger partial charge on any atom is -0.493 e. The van der Waals surface area contributed by atoms with Crippen molar-refractivity contribution in [2.45, 2.75) is 13.0 Å². The van der Waals surface area contributed by atoms with Crippen LogP contribution in [-0.2, 0) is 11.3 Å². The molecular formula is C23H28FN3O4. The summed E-state index contributed by atoms with van der Waals surface area (Å²) in [6.07, 6.45) is 0.222. The van der Waals surface area contributed by atoms with Crippen molar-refractivity contribution in [1.29, 1.82) is 0 Å². The molecule has 7 nitrogen and oxygen atoms in total. The zero-order chi connectivity index (χ0) is 22.2. The van der Waals surface area contributed by atoms with Gasteiger partial charge in [-0.2, -0.15) is 0 Å². The van der Waals surface area contributed by atoms with Crippen LogP contribution in [0.1, 0.15) is 22.3 Å². The van der Waals surface area contributed by atoms with Gasteiger partial charge in [0.25, 0.3) is 5.91 Å². The summed E-state index contributed by atoms with van der Waals surface area (Å²) in [4.78, 5) is 29.3. The lowest BCUT2D eigenvalue weighted by atomic mass is 10.1. The first-order chi connectivity index (χ1) is 15.0. The van der Waals surface area contributed by atoms with Crippen molar-refractivity contribution in [3.05, 3.63) is 59.4 Å². The molecule has 1 heterocycles. The monoisotopic (exact) mass is 429 g/mol. The molecule has 0 aliphatic carbocycles. The van der Waals surface area contributed by atoms with E-state index < -0.39 is 0 Å². The predicted octanol–water partition coefficient (Wildman–Crippen LogP) is 2.31. The fourth-order valence-corrected chi connectivity index (χ4v) is 3.52. The molecule has 2 amide bonds. The minimum atomic E-state index is -0.338. The molecule has 0 spiro atoms. The average molecular weight is 429 g/mol. The first-order valence-corrected chi connectivity index (χ1v) is 10.3. The Morgan fingerprint density at radius 2 is 1.71 bits per heavy atom. The molecule has 2 aromatic carbocycles. The van der Waals surface area contributed by atoms with E-state index in [-0.39, 0.29) is 37.1 Å². The van der Waals surface area contributed by atoms with Crippen molar-refractivity contribution >= 4 is 11.8 Å². The van der Waals surface area contributed by atoms with Crippen LogP contribution in [0.5, 0.6) is 11.5 Å². The van der Waals surface area contributed by atoms with Gasteiger partial charge in [0.15, 0.2) is 11.5 Å². The fourth-order valence-electron chi connectivity index (χ4n) is 3.52. The highest BCUT2D eigenvalue weighted by Crippen LogP contribution is 2.28. The summed E-state index contributed by atoms with van der Waals surface area (Å²) in [7, 11) is 3.04. The topological polar surface area (TPSA) is 71.1 Å². The normalized spacial score (nSPS) is 13.6. The number of benzene rings is 2. The molecule has 8 heteroatoms. The summed E-state index contributed by atoms with van der Waals surface area (Å²) >= 11 is 0. The minimum absolute atomic E-state index is 0.0192. The maximum absolute atomic E-state index is 13.3. The van der Waals surface area contributed by atoms with E-state index in [0.29, 0.717) is 30.2 Å². The summed E-state index contributed by atoms with van der Waals surface area (Å²) in [6, 6.07) is 11.0. The van der Waals surface area contributed by atoms with Crippen molar-refractivity contribution in [1.82, 2.24) is 15.1 Å². The number of carbonyl (C=O) groups excluding carboxylic acids is 2. The number of halogens is 1. The van der Waals surface area contributed by atoms with Crippen LogP contribution in [0.3, 0.4) is 0 Å². The molecule has 0 bridgehead atoms. The molecule has 0 radical (unpaired) electrons. The molecule has 1 N–H and O–H groups in total. The molecule has 2 aromatic rings. The summed E-state index contributed by atoms with van der Waals surface area (Å²) < 4.78 is 23.9. The fraction of sp³-hybridized carbons (Fsp3) is 0.391. The number of amides is 2. The Bertz CT molecular complexity index is 898. The van der Waals surface area contributed by atoms with Crippen molar-refractivity contribution in [3.8, 4) is 11.5 Å². The number of methoxy groups -OCH3 is 2. The summed E-state index contributed by atoms with van der Waals surface area (Å²) in [5.41, 5.74) is 1.21. The molecule has 1 fully saturated rings. The maximum Gasteiger partial charge on any atom is 0.254 e. The lowest BCUT2D eigenvalue weighted by Crippen LogP contribution is -2.47. The van der Waals surface area contributed by atoms with E-state index in [9.17, 15) is 14.0 Å². The lowest BCUT2D eigenvalue weighted by Gasteiger charge is -2.29. The van der Waals surface area contributed by atoms with Gasteiger partial charge in [-0.15, -0.1) is 0 Å². The van der Waals surface area contributed by atoms with Crippen molar-refractivity contribution < 1.29 is 23.5 Å². The highest BCUT2D eigenvalue weighted by atomic mass is 19.1. The third-order valence-corrected chi connectivity index (χ3v) is 5.27. The highest BCUT2D eigenvalue weighted by molar-refractivity contribution is 5.95. The molecule has 31 heavy (non-hydrogen) atoms. The third kappa shape index (κ3) is 5.95. The molecule has 166 valence electrons. The van der Waals surface area contributed by atoms with Gasteiger partial charge in [0.1, 0.15) is 5.82 Å². The Morgan fingerprint density at radius 3 is 2.35 bits per heavy atom. The third-order valence-electron chi connectivity index (χ3n) is 5.27. The van der Waals surface area contributed by atoms with E-state index in [4.69, 9.17) is 9.47 Å². The van der Waals surface area contributed by atoms with Crippen LogP contribution >= 0.6 is 0 Å². The average Bonchev–Trinajstić information content (AvgIpc) is 2.82. The van der Waals surface area contributed by atoms with Gasteiger partial charge in [-0.1, -0.05) is 12.1 Å². The largest absolute Gasteiger partial charge is 0.493 e. The van der Waals surface area contributed by atoms with Gasteiger partial charge >= 0.3 is 0 Å². The molecular weight excluding hydrogens is 401 g/mol. The Labute approximate surface area is 181 Å². The van der Waals surface area contributed by atoms with Crippen molar-refractivity contribution in [2.75, 3.05) is 46.9 Å². The van der Waals surface area contributed by atoms with E-state index in [1.807, 2.05) is 4.90 Å². The zero-order valence-corrected chi connectivity index (χ0v) is 17.9. The number of piperazine rings is 1. The summed E-state index contributed by atoms with van der Waals surface area (Å²) in [5.74, 6) is 0.421. The van der Waals surface area contributed by atoms with Crippen LogP contribution in [0.25, 0.3) is 0 Å². The summed E-state index contributed by atoms with van der Waals surface area (Å²) in [5, 5.41) is 3.22. The molecule has 1 saturated heterocycles. The van der Waals surface area contributed by atoms with Gasteiger partial charge in [0.05, 0.1) is 14.2 Å². The van der Waals surface area contributed by atoms with Gasteiger partial charge in [-0.3, -0.25) is 9.59 Å². The van der Waals surface area contributed by atoms with E-state index in [1.165, 1.54) is 26.4 Å². The molecule has 1 aliphatic rings. The van der Waals surface area contributed by atoms with E-state index in [0.717, 1.165) is 18.7 Å². The number of carbonyl (C=O) groups is 2. The number of nitrogens with one attached hydrogen (secondary N) is 1. The van der Waals surface area contributed by atoms with Crippen LogP contribution in [-0.4, -0.2) is 68.6 Å². The second kappa shape index (κ2) is 10.8. The maximum atomic E-state index is 13.3. The van der Waals surface area contributed by atoms with E-state index in [2.05, 4.69) is 5.32 Å². The Hall–Kier alpha value is -3.13. The smallest absolute Gasteiger partial charge is 0.254 e. The van der Waals surface area contributed by atoms with Gasteiger partial charge < -0.3 is 24.6 Å². The predicted molar refractivity (Wildman–Crippen MR) is 115 cm³/mol. The molecule has 1 aliphatic heterocycles. The number of nitrogens with zero attached hydrogens (tertiary/aromatic N) is 2. The molecule has 0 saturated carbocycles. The first-order valence-electron chi connectivity index (χ1n) is 10.3. The van der Waals surface area contributed by atoms with Crippen LogP contribution in [0.4, 0.5) is 4.39 Å². The zero-order valence-electron chi connectivity index (χ0n) is 17.9.